The number of aryl methyl sites for hydroxylation is 2. The molecule has 0 spiro atoms. The molecule has 0 N–H and O–H groups in total. The van der Waals surface area contributed by atoms with Crippen LogP contribution in [0.25, 0.3) is 0 Å². The molecule has 2 rings (SSSR count). The van der Waals surface area contributed by atoms with Crippen LogP contribution in [-0.2, 0) is 16.0 Å². The second-order valence-corrected chi connectivity index (χ2v) is 7.67. The fourth-order valence-electron chi connectivity index (χ4n) is 3.36. The van der Waals surface area contributed by atoms with Crippen LogP contribution in [-0.4, -0.2) is 24.4 Å². The van der Waals surface area contributed by atoms with Gasteiger partial charge in [-0.05, 0) is 56.7 Å². The largest absolute Gasteiger partial charge is 0.458 e. The molecule has 0 aliphatic carbocycles. The van der Waals surface area contributed by atoms with E-state index in [0.29, 0.717) is 18.6 Å². The molecule has 0 saturated heterocycles. The Morgan fingerprint density at radius 1 is 1.18 bits per heavy atom. The average Bonchev–Trinajstić information content (AvgIpc) is 2.62. The fourth-order valence-corrected chi connectivity index (χ4v) is 3.36. The van der Waals surface area contributed by atoms with Crippen molar-refractivity contribution in [3.05, 3.63) is 58.7 Å². The smallest absolute Gasteiger partial charge is 0.338 e. The van der Waals surface area contributed by atoms with Crippen LogP contribution in [0.2, 0.25) is 0 Å². The zero-order valence-corrected chi connectivity index (χ0v) is 17.8. The number of benzene rings is 1. The molecular formula is C24H33NO3. The second-order valence-electron chi connectivity index (χ2n) is 7.67. The lowest BCUT2D eigenvalue weighted by Crippen LogP contribution is -2.25. The van der Waals surface area contributed by atoms with Crippen molar-refractivity contribution < 1.29 is 14.4 Å². The van der Waals surface area contributed by atoms with Gasteiger partial charge in [0.1, 0.15) is 12.7 Å². The molecule has 0 unspecified atom stereocenters. The Labute approximate surface area is 169 Å². The van der Waals surface area contributed by atoms with Crippen LogP contribution in [0.15, 0.2) is 41.6 Å². The van der Waals surface area contributed by atoms with Gasteiger partial charge in [0.15, 0.2) is 0 Å². The Bertz CT molecular complexity index is 759. The molecule has 1 aromatic rings. The maximum absolute atomic E-state index is 13.1. The number of fused-ring (bicyclic) bond motifs is 1. The van der Waals surface area contributed by atoms with E-state index in [1.807, 2.05) is 32.9 Å². The molecule has 1 aromatic carbocycles. The number of carbonyl (C=O) groups is 1. The van der Waals surface area contributed by atoms with Gasteiger partial charge in [-0.15, -0.1) is 0 Å². The summed E-state index contributed by atoms with van der Waals surface area (Å²) in [5, 5.41) is 4.26. The van der Waals surface area contributed by atoms with Gasteiger partial charge in [0.2, 0.25) is 0 Å². The van der Waals surface area contributed by atoms with E-state index < -0.39 is 0 Å². The maximum Gasteiger partial charge on any atom is 0.338 e. The Morgan fingerprint density at radius 2 is 1.93 bits per heavy atom. The molecule has 0 saturated carbocycles. The Morgan fingerprint density at radius 3 is 2.64 bits per heavy atom. The van der Waals surface area contributed by atoms with E-state index in [2.05, 4.69) is 43.3 Å². The Hall–Kier alpha value is -2.36. The molecule has 1 aliphatic heterocycles. The molecule has 0 radical (unpaired) electrons. The fraction of sp³-hybridized carbons (Fsp3) is 0.500. The predicted octanol–water partition coefficient (Wildman–Crippen LogP) is 5.72. The molecule has 28 heavy (non-hydrogen) atoms. The highest BCUT2D eigenvalue weighted by atomic mass is 16.6. The number of allylic oxidation sites excluding steroid dienone is 3. The maximum atomic E-state index is 13.1. The van der Waals surface area contributed by atoms with Gasteiger partial charge in [-0.2, -0.15) is 0 Å². The van der Waals surface area contributed by atoms with Gasteiger partial charge >= 0.3 is 5.97 Å². The summed E-state index contributed by atoms with van der Waals surface area (Å²) in [7, 11) is 0. The summed E-state index contributed by atoms with van der Waals surface area (Å²) < 4.78 is 5.94. The van der Waals surface area contributed by atoms with E-state index in [-0.39, 0.29) is 18.0 Å². The van der Waals surface area contributed by atoms with Gasteiger partial charge in [-0.1, -0.05) is 54.9 Å². The van der Waals surface area contributed by atoms with E-state index in [0.717, 1.165) is 41.7 Å². The molecule has 1 atom stereocenters. The van der Waals surface area contributed by atoms with Crippen molar-refractivity contribution in [3.8, 4) is 0 Å². The van der Waals surface area contributed by atoms with Gasteiger partial charge in [0.25, 0.3) is 0 Å². The molecule has 4 nitrogen and oxygen atoms in total. The number of carbonyl (C=O) groups excluding carboxylic acids is 1. The van der Waals surface area contributed by atoms with E-state index in [1.54, 1.807) is 0 Å². The minimum atomic E-state index is -0.253. The molecule has 1 heterocycles. The number of cyclic esters (lactones) is 1. The number of hydrogen-bond donors (Lipinski definition) is 0. The van der Waals surface area contributed by atoms with Gasteiger partial charge in [-0.3, -0.25) is 0 Å². The third-order valence-electron chi connectivity index (χ3n) is 4.80. The van der Waals surface area contributed by atoms with Crippen molar-refractivity contribution in [2.24, 2.45) is 11.1 Å². The van der Waals surface area contributed by atoms with Crippen molar-refractivity contribution in [1.29, 1.82) is 0 Å². The number of ether oxygens (including phenoxy) is 1. The van der Waals surface area contributed by atoms with Crippen LogP contribution in [0.4, 0.5) is 0 Å². The standard InChI is InChI=1S/C24H33NO3/c1-6-27-25-21-12-10-8-7-9-11-13-22(17(2)3)28-24(26)23-19(5)14-18(4)15-20(23)16-21/h9-12,14-15,17,22H,6-8,13,16H2,1-5H3/b11-9+,12-10+,25-21?/t22-/m0/s1. The molecule has 0 fully saturated rings. The highest BCUT2D eigenvalue weighted by Crippen LogP contribution is 2.23. The Kier molecular flexibility index (Phi) is 8.49. The van der Waals surface area contributed by atoms with Crippen LogP contribution in [0.5, 0.6) is 0 Å². The Balaban J connectivity index is 2.49. The monoisotopic (exact) mass is 383 g/mol. The molecule has 0 amide bonds. The molecular weight excluding hydrogens is 350 g/mol. The number of esters is 1. The summed E-state index contributed by atoms with van der Waals surface area (Å²) in [5.74, 6) is 0.00193. The van der Waals surface area contributed by atoms with E-state index in [1.165, 1.54) is 0 Å². The summed E-state index contributed by atoms with van der Waals surface area (Å²) in [6.45, 7) is 10.6. The summed E-state index contributed by atoms with van der Waals surface area (Å²) in [4.78, 5) is 18.4. The van der Waals surface area contributed by atoms with Crippen LogP contribution in [0.1, 0.15) is 67.1 Å². The number of oxime groups is 1. The van der Waals surface area contributed by atoms with Gasteiger partial charge < -0.3 is 9.57 Å². The highest BCUT2D eigenvalue weighted by Gasteiger charge is 2.23. The first-order valence-electron chi connectivity index (χ1n) is 10.2. The van der Waals surface area contributed by atoms with Crippen LogP contribution >= 0.6 is 0 Å². The summed E-state index contributed by atoms with van der Waals surface area (Å²) in [5.41, 5.74) is 4.44. The average molecular weight is 384 g/mol. The lowest BCUT2D eigenvalue weighted by molar-refractivity contribution is 0.0191. The zero-order chi connectivity index (χ0) is 20.5. The number of rotatable bonds is 3. The minimum absolute atomic E-state index is 0.132. The van der Waals surface area contributed by atoms with Crippen molar-refractivity contribution in [2.45, 2.75) is 66.4 Å². The van der Waals surface area contributed by atoms with Crippen LogP contribution in [0.3, 0.4) is 0 Å². The molecule has 152 valence electrons. The normalized spacial score (nSPS) is 22.3. The topological polar surface area (TPSA) is 47.9 Å². The van der Waals surface area contributed by atoms with Crippen LogP contribution < -0.4 is 0 Å². The van der Waals surface area contributed by atoms with E-state index in [9.17, 15) is 4.79 Å². The molecule has 0 aromatic heterocycles. The molecule has 0 bridgehead atoms. The van der Waals surface area contributed by atoms with E-state index >= 15 is 0 Å². The summed E-state index contributed by atoms with van der Waals surface area (Å²) >= 11 is 0. The molecule has 4 heteroatoms. The number of nitrogens with zero attached hydrogens (tertiary/aromatic N) is 1. The first kappa shape index (κ1) is 21.9. The quantitative estimate of drug-likeness (QED) is 0.381. The van der Waals surface area contributed by atoms with Crippen molar-refractivity contribution in [3.63, 3.8) is 0 Å². The summed E-state index contributed by atoms with van der Waals surface area (Å²) in [6.07, 6.45) is 11.4. The highest BCUT2D eigenvalue weighted by molar-refractivity contribution is 5.99. The van der Waals surface area contributed by atoms with Crippen LogP contribution in [0, 0.1) is 19.8 Å². The molecule has 1 aliphatic rings. The van der Waals surface area contributed by atoms with Gasteiger partial charge in [0.05, 0.1) is 11.3 Å². The van der Waals surface area contributed by atoms with Crippen molar-refractivity contribution in [2.75, 3.05) is 6.61 Å². The first-order valence-corrected chi connectivity index (χ1v) is 10.2. The third kappa shape index (κ3) is 6.36. The zero-order valence-electron chi connectivity index (χ0n) is 17.8. The van der Waals surface area contributed by atoms with Crippen molar-refractivity contribution in [1.82, 2.24) is 0 Å². The van der Waals surface area contributed by atoms with Gasteiger partial charge in [0, 0.05) is 12.8 Å². The van der Waals surface area contributed by atoms with Gasteiger partial charge in [-0.25, -0.2) is 4.79 Å². The second kappa shape index (κ2) is 10.8. The minimum Gasteiger partial charge on any atom is -0.458 e. The SMILES string of the molecule is CCON=C1/C=C/CC/C=C/C[C@@H](C(C)C)OC(=O)c2c(C)cc(C)cc2C1. The lowest BCUT2D eigenvalue weighted by Gasteiger charge is -2.22. The third-order valence-corrected chi connectivity index (χ3v) is 4.80. The van der Waals surface area contributed by atoms with Crippen molar-refractivity contribution >= 4 is 11.7 Å². The number of hydrogen-bond acceptors (Lipinski definition) is 4. The predicted molar refractivity (Wildman–Crippen MR) is 115 cm³/mol. The lowest BCUT2D eigenvalue weighted by atomic mass is 9.94. The van der Waals surface area contributed by atoms with E-state index in [4.69, 9.17) is 9.57 Å². The first-order chi connectivity index (χ1) is 13.4. The summed E-state index contributed by atoms with van der Waals surface area (Å²) in [6, 6.07) is 4.08.